The molecule has 1 aromatic heterocycles. The van der Waals surface area contributed by atoms with Crippen LogP contribution >= 0.6 is 15.9 Å². The molecule has 17 heavy (non-hydrogen) atoms. The second-order valence-electron chi connectivity index (χ2n) is 3.94. The van der Waals surface area contributed by atoms with Crippen LogP contribution in [0.3, 0.4) is 0 Å². The molecule has 1 aromatic rings. The van der Waals surface area contributed by atoms with E-state index >= 15 is 0 Å². The molecule has 2 heterocycles. The number of rotatable bonds is 3. The molecule has 0 saturated carbocycles. The number of aldehydes is 1. The van der Waals surface area contributed by atoms with Crippen molar-refractivity contribution < 1.29 is 14.7 Å². The van der Waals surface area contributed by atoms with Gasteiger partial charge in [-0.05, 0) is 22.0 Å². The smallest absolute Gasteiger partial charge is 0.228 e. The number of carbonyl (C=O) groups is 2. The van der Waals surface area contributed by atoms with Gasteiger partial charge in [-0.2, -0.15) is 0 Å². The minimum atomic E-state index is -0.109. The molecule has 1 aliphatic rings. The van der Waals surface area contributed by atoms with Gasteiger partial charge in [0, 0.05) is 36.2 Å². The summed E-state index contributed by atoms with van der Waals surface area (Å²) in [6.45, 7) is 0.375. The topological polar surface area (TPSA) is 70.5 Å². The summed E-state index contributed by atoms with van der Waals surface area (Å²) in [5, 5.41) is 9.04. The third-order valence-electron chi connectivity index (χ3n) is 2.71. The molecule has 1 aliphatic heterocycles. The average molecular weight is 299 g/mol. The van der Waals surface area contributed by atoms with Crippen molar-refractivity contribution in [3.63, 3.8) is 0 Å². The second-order valence-corrected chi connectivity index (χ2v) is 4.86. The van der Waals surface area contributed by atoms with E-state index < -0.39 is 0 Å². The van der Waals surface area contributed by atoms with Crippen molar-refractivity contribution in [1.29, 1.82) is 0 Å². The molecule has 1 amide bonds. The van der Waals surface area contributed by atoms with Crippen LogP contribution in [0.2, 0.25) is 0 Å². The second kappa shape index (κ2) is 4.93. The van der Waals surface area contributed by atoms with Crippen LogP contribution in [0.25, 0.3) is 0 Å². The fraction of sp³-hybridized carbons (Fsp3) is 0.364. The largest absolute Gasteiger partial charge is 0.396 e. The molecular weight excluding hydrogens is 288 g/mol. The predicted molar refractivity (Wildman–Crippen MR) is 64.9 cm³/mol. The van der Waals surface area contributed by atoms with Crippen molar-refractivity contribution in [3.8, 4) is 0 Å². The van der Waals surface area contributed by atoms with Crippen LogP contribution in [-0.4, -0.2) is 35.4 Å². The molecule has 0 bridgehead atoms. The van der Waals surface area contributed by atoms with Gasteiger partial charge in [-0.1, -0.05) is 0 Å². The number of nitrogens with zero attached hydrogens (tertiary/aromatic N) is 2. The van der Waals surface area contributed by atoms with Crippen LogP contribution in [0, 0.1) is 5.92 Å². The van der Waals surface area contributed by atoms with Gasteiger partial charge in [0.2, 0.25) is 5.91 Å². The molecule has 0 aromatic carbocycles. The first-order valence-electron chi connectivity index (χ1n) is 5.17. The standard InChI is InChI=1S/C11H11BrN2O3/c12-9-2-8(6-16)11(13-3-9)14-4-7(5-15)1-10(14)17/h2-3,6-7,15H,1,4-5H2. The molecule has 90 valence electrons. The molecule has 1 unspecified atom stereocenters. The molecule has 1 fully saturated rings. The summed E-state index contributed by atoms with van der Waals surface area (Å²) in [4.78, 5) is 28.2. The molecule has 0 aliphatic carbocycles. The van der Waals surface area contributed by atoms with Gasteiger partial charge >= 0.3 is 0 Å². The van der Waals surface area contributed by atoms with Gasteiger partial charge in [-0.15, -0.1) is 0 Å². The van der Waals surface area contributed by atoms with Crippen LogP contribution in [0.1, 0.15) is 16.8 Å². The molecule has 2 rings (SSSR count). The van der Waals surface area contributed by atoms with Crippen molar-refractivity contribution in [2.24, 2.45) is 5.92 Å². The van der Waals surface area contributed by atoms with E-state index in [-0.39, 0.29) is 18.4 Å². The zero-order valence-corrected chi connectivity index (χ0v) is 10.6. The van der Waals surface area contributed by atoms with E-state index in [1.807, 2.05) is 0 Å². The highest BCUT2D eigenvalue weighted by molar-refractivity contribution is 9.10. The van der Waals surface area contributed by atoms with Crippen LogP contribution < -0.4 is 4.90 Å². The van der Waals surface area contributed by atoms with E-state index in [1.165, 1.54) is 4.90 Å². The third kappa shape index (κ3) is 2.37. The van der Waals surface area contributed by atoms with Gasteiger partial charge in [0.25, 0.3) is 0 Å². The summed E-state index contributed by atoms with van der Waals surface area (Å²) in [5.74, 6) is 0.179. The highest BCUT2D eigenvalue weighted by atomic mass is 79.9. The van der Waals surface area contributed by atoms with Crippen molar-refractivity contribution in [3.05, 3.63) is 22.3 Å². The van der Waals surface area contributed by atoms with Gasteiger partial charge in [0.05, 0.1) is 5.56 Å². The van der Waals surface area contributed by atoms with Crippen molar-refractivity contribution in [2.45, 2.75) is 6.42 Å². The molecule has 0 radical (unpaired) electrons. The Bertz CT molecular complexity index is 464. The Labute approximate surface area is 107 Å². The van der Waals surface area contributed by atoms with E-state index in [1.54, 1.807) is 12.3 Å². The maximum Gasteiger partial charge on any atom is 0.228 e. The van der Waals surface area contributed by atoms with E-state index in [4.69, 9.17) is 5.11 Å². The number of amides is 1. The lowest BCUT2D eigenvalue weighted by Gasteiger charge is -2.16. The number of aliphatic hydroxyl groups excluding tert-OH is 1. The molecular formula is C11H11BrN2O3. The molecule has 1 atom stereocenters. The van der Waals surface area contributed by atoms with Gasteiger partial charge in [-0.25, -0.2) is 4.98 Å². The van der Waals surface area contributed by atoms with E-state index in [0.717, 1.165) is 0 Å². The first-order valence-corrected chi connectivity index (χ1v) is 5.97. The van der Waals surface area contributed by atoms with Gasteiger partial charge < -0.3 is 5.11 Å². The molecule has 0 spiro atoms. The molecule has 1 N–H and O–H groups in total. The molecule has 1 saturated heterocycles. The Balaban J connectivity index is 2.34. The van der Waals surface area contributed by atoms with Crippen molar-refractivity contribution >= 4 is 33.9 Å². The number of hydrogen-bond donors (Lipinski definition) is 1. The summed E-state index contributed by atoms with van der Waals surface area (Å²) in [6.07, 6.45) is 2.51. The maximum absolute atomic E-state index is 11.7. The fourth-order valence-corrected chi connectivity index (χ4v) is 2.22. The Morgan fingerprint density at radius 2 is 2.41 bits per heavy atom. The van der Waals surface area contributed by atoms with E-state index in [9.17, 15) is 9.59 Å². The number of aliphatic hydroxyl groups is 1. The Morgan fingerprint density at radius 1 is 1.65 bits per heavy atom. The van der Waals surface area contributed by atoms with Gasteiger partial charge in [-0.3, -0.25) is 14.5 Å². The van der Waals surface area contributed by atoms with Gasteiger partial charge in [0.15, 0.2) is 6.29 Å². The number of hydrogen-bond acceptors (Lipinski definition) is 4. The molecule has 6 heteroatoms. The normalized spacial score (nSPS) is 19.8. The summed E-state index contributed by atoms with van der Waals surface area (Å²) in [5.41, 5.74) is 0.367. The maximum atomic E-state index is 11.7. The monoisotopic (exact) mass is 298 g/mol. The van der Waals surface area contributed by atoms with E-state index in [2.05, 4.69) is 20.9 Å². The number of anilines is 1. The predicted octanol–water partition coefficient (Wildman–Crippen LogP) is 1.00. The lowest BCUT2D eigenvalue weighted by molar-refractivity contribution is -0.117. The third-order valence-corrected chi connectivity index (χ3v) is 3.14. The first-order chi connectivity index (χ1) is 8.15. The first kappa shape index (κ1) is 12.2. The van der Waals surface area contributed by atoms with Crippen molar-refractivity contribution in [2.75, 3.05) is 18.1 Å². The number of halogens is 1. The highest BCUT2D eigenvalue weighted by Gasteiger charge is 2.32. The Hall–Kier alpha value is -1.27. The Kier molecular flexibility index (Phi) is 3.54. The number of aromatic nitrogens is 1. The summed E-state index contributed by atoms with van der Waals surface area (Å²) in [6, 6.07) is 1.62. The molecule has 5 nitrogen and oxygen atoms in total. The average Bonchev–Trinajstić information content (AvgIpc) is 2.70. The minimum Gasteiger partial charge on any atom is -0.396 e. The zero-order valence-electron chi connectivity index (χ0n) is 8.97. The summed E-state index contributed by atoms with van der Waals surface area (Å²) >= 11 is 3.22. The van der Waals surface area contributed by atoms with Gasteiger partial charge in [0.1, 0.15) is 5.82 Å². The Morgan fingerprint density at radius 3 is 3.00 bits per heavy atom. The van der Waals surface area contributed by atoms with Crippen LogP contribution in [-0.2, 0) is 4.79 Å². The van der Waals surface area contributed by atoms with Crippen molar-refractivity contribution in [1.82, 2.24) is 4.98 Å². The zero-order chi connectivity index (χ0) is 12.4. The van der Waals surface area contributed by atoms with Crippen LogP contribution in [0.4, 0.5) is 5.82 Å². The highest BCUT2D eigenvalue weighted by Crippen LogP contribution is 2.26. The quantitative estimate of drug-likeness (QED) is 0.845. The summed E-state index contributed by atoms with van der Waals surface area (Å²) < 4.78 is 0.689. The fourth-order valence-electron chi connectivity index (χ4n) is 1.87. The lowest BCUT2D eigenvalue weighted by atomic mass is 10.1. The number of pyridine rings is 1. The lowest BCUT2D eigenvalue weighted by Crippen LogP contribution is -2.27. The number of carbonyl (C=O) groups excluding carboxylic acids is 2. The minimum absolute atomic E-state index is 0.0325. The summed E-state index contributed by atoms with van der Waals surface area (Å²) in [7, 11) is 0. The SMILES string of the molecule is O=Cc1cc(Br)cnc1N1CC(CO)CC1=O. The van der Waals surface area contributed by atoms with Crippen LogP contribution in [0.5, 0.6) is 0 Å². The van der Waals surface area contributed by atoms with Crippen LogP contribution in [0.15, 0.2) is 16.7 Å². The van der Waals surface area contributed by atoms with E-state index in [0.29, 0.717) is 35.1 Å².